The minimum Gasteiger partial charge on any atom is -0.378 e. The van der Waals surface area contributed by atoms with Gasteiger partial charge in [0.2, 0.25) is 0 Å². The zero-order valence-corrected chi connectivity index (χ0v) is 10.8. The Labute approximate surface area is 95.7 Å². The van der Waals surface area contributed by atoms with Gasteiger partial charge in [-0.2, -0.15) is 0 Å². The lowest BCUT2D eigenvalue weighted by Gasteiger charge is -2.26. The highest BCUT2D eigenvalue weighted by molar-refractivity contribution is 4.61. The molecule has 15 heavy (non-hydrogen) atoms. The molecule has 1 N–H and O–H groups in total. The van der Waals surface area contributed by atoms with E-state index in [1.54, 1.807) is 0 Å². The fourth-order valence-corrected chi connectivity index (χ4v) is 1.77. The second-order valence-electron chi connectivity index (χ2n) is 4.34. The summed E-state index contributed by atoms with van der Waals surface area (Å²) in [6, 6.07) is 0. The SMILES string of the molecule is CCCCCCN(CCCC)C(O)CC. The number of hydrogen-bond acceptors (Lipinski definition) is 2. The Morgan fingerprint density at radius 3 is 2.00 bits per heavy atom. The van der Waals surface area contributed by atoms with Gasteiger partial charge in [0, 0.05) is 13.1 Å². The number of unbranched alkanes of at least 4 members (excludes halogenated alkanes) is 4. The van der Waals surface area contributed by atoms with E-state index >= 15 is 0 Å². The molecule has 0 saturated carbocycles. The van der Waals surface area contributed by atoms with E-state index < -0.39 is 0 Å². The van der Waals surface area contributed by atoms with Crippen LogP contribution < -0.4 is 0 Å². The Kier molecular flexibility index (Phi) is 10.4. The fourth-order valence-electron chi connectivity index (χ4n) is 1.77. The first kappa shape index (κ1) is 14.9. The second-order valence-corrected chi connectivity index (χ2v) is 4.34. The summed E-state index contributed by atoms with van der Waals surface area (Å²) >= 11 is 0. The third kappa shape index (κ3) is 7.80. The molecule has 2 heteroatoms. The Morgan fingerprint density at radius 2 is 1.47 bits per heavy atom. The van der Waals surface area contributed by atoms with E-state index in [1.807, 2.05) is 0 Å². The van der Waals surface area contributed by atoms with Crippen molar-refractivity contribution in [1.82, 2.24) is 4.90 Å². The largest absolute Gasteiger partial charge is 0.378 e. The maximum absolute atomic E-state index is 9.83. The molecule has 1 unspecified atom stereocenters. The molecule has 0 aromatic rings. The van der Waals surface area contributed by atoms with Crippen LogP contribution in [0.4, 0.5) is 0 Å². The zero-order chi connectivity index (χ0) is 11.5. The van der Waals surface area contributed by atoms with Crippen molar-refractivity contribution in [2.75, 3.05) is 13.1 Å². The molecule has 2 nitrogen and oxygen atoms in total. The van der Waals surface area contributed by atoms with Crippen LogP contribution in [0.1, 0.15) is 65.7 Å². The molecule has 0 radical (unpaired) electrons. The molecule has 0 saturated heterocycles. The molecule has 0 heterocycles. The molecular formula is C13H29NO. The van der Waals surface area contributed by atoms with Crippen molar-refractivity contribution in [3.05, 3.63) is 0 Å². The normalized spacial score (nSPS) is 13.4. The molecule has 0 rings (SSSR count). The van der Waals surface area contributed by atoms with Crippen molar-refractivity contribution in [2.24, 2.45) is 0 Å². The van der Waals surface area contributed by atoms with E-state index in [-0.39, 0.29) is 6.23 Å². The standard InChI is InChI=1S/C13H29NO/c1-4-7-9-10-12-14(11-8-5-2)13(15)6-3/h13,15H,4-12H2,1-3H3. The van der Waals surface area contributed by atoms with Crippen LogP contribution in [0.2, 0.25) is 0 Å². The number of aliphatic hydroxyl groups is 1. The summed E-state index contributed by atoms with van der Waals surface area (Å²) in [5, 5.41) is 9.83. The Hall–Kier alpha value is -0.0800. The van der Waals surface area contributed by atoms with Crippen molar-refractivity contribution >= 4 is 0 Å². The van der Waals surface area contributed by atoms with Crippen molar-refractivity contribution in [3.63, 3.8) is 0 Å². The van der Waals surface area contributed by atoms with E-state index in [2.05, 4.69) is 25.7 Å². The highest BCUT2D eigenvalue weighted by Gasteiger charge is 2.11. The Balaban J connectivity index is 3.69. The van der Waals surface area contributed by atoms with Gasteiger partial charge in [-0.3, -0.25) is 4.90 Å². The van der Waals surface area contributed by atoms with E-state index in [4.69, 9.17) is 0 Å². The molecule has 0 bridgehead atoms. The minimum absolute atomic E-state index is 0.224. The summed E-state index contributed by atoms with van der Waals surface area (Å²) in [4.78, 5) is 2.24. The van der Waals surface area contributed by atoms with Crippen LogP contribution in [0.25, 0.3) is 0 Å². The lowest BCUT2D eigenvalue weighted by atomic mass is 10.2. The fraction of sp³-hybridized carbons (Fsp3) is 1.00. The molecule has 0 spiro atoms. The van der Waals surface area contributed by atoms with Gasteiger partial charge in [0.25, 0.3) is 0 Å². The lowest BCUT2D eigenvalue weighted by Crippen LogP contribution is -2.36. The van der Waals surface area contributed by atoms with Crippen LogP contribution in [0, 0.1) is 0 Å². The van der Waals surface area contributed by atoms with Crippen LogP contribution in [0.3, 0.4) is 0 Å². The smallest absolute Gasteiger partial charge is 0.107 e. The number of rotatable bonds is 10. The zero-order valence-electron chi connectivity index (χ0n) is 10.8. The Bertz CT molecular complexity index is 128. The van der Waals surface area contributed by atoms with E-state index in [0.29, 0.717) is 0 Å². The van der Waals surface area contributed by atoms with Gasteiger partial charge >= 0.3 is 0 Å². The molecule has 0 amide bonds. The van der Waals surface area contributed by atoms with Crippen LogP contribution in [-0.2, 0) is 0 Å². The second kappa shape index (κ2) is 10.4. The molecular weight excluding hydrogens is 186 g/mol. The van der Waals surface area contributed by atoms with Crippen molar-refractivity contribution in [2.45, 2.75) is 71.9 Å². The molecule has 0 fully saturated rings. The highest BCUT2D eigenvalue weighted by atomic mass is 16.3. The molecule has 0 aromatic heterocycles. The first-order valence-corrected chi connectivity index (χ1v) is 6.68. The molecule has 0 aliphatic carbocycles. The predicted molar refractivity (Wildman–Crippen MR) is 66.9 cm³/mol. The summed E-state index contributed by atoms with van der Waals surface area (Å²) in [7, 11) is 0. The van der Waals surface area contributed by atoms with E-state index in [0.717, 1.165) is 19.5 Å². The van der Waals surface area contributed by atoms with Gasteiger partial charge in [-0.05, 0) is 19.3 Å². The van der Waals surface area contributed by atoms with Gasteiger partial charge in [-0.15, -0.1) is 0 Å². The lowest BCUT2D eigenvalue weighted by molar-refractivity contribution is -0.000702. The summed E-state index contributed by atoms with van der Waals surface area (Å²) in [6.45, 7) is 8.60. The molecule has 1 atom stereocenters. The van der Waals surface area contributed by atoms with Gasteiger partial charge in [-0.25, -0.2) is 0 Å². The third-order valence-electron chi connectivity index (χ3n) is 2.88. The van der Waals surface area contributed by atoms with Crippen LogP contribution in [-0.4, -0.2) is 29.3 Å². The number of hydrogen-bond donors (Lipinski definition) is 1. The number of aliphatic hydroxyl groups excluding tert-OH is 1. The van der Waals surface area contributed by atoms with Crippen molar-refractivity contribution < 1.29 is 5.11 Å². The summed E-state index contributed by atoms with van der Waals surface area (Å²) in [5.74, 6) is 0. The summed E-state index contributed by atoms with van der Waals surface area (Å²) in [6.07, 6.45) is 8.17. The average Bonchev–Trinajstić information content (AvgIpc) is 2.27. The van der Waals surface area contributed by atoms with Gasteiger partial charge in [0.15, 0.2) is 0 Å². The van der Waals surface area contributed by atoms with Crippen molar-refractivity contribution in [1.29, 1.82) is 0 Å². The highest BCUT2D eigenvalue weighted by Crippen LogP contribution is 2.07. The van der Waals surface area contributed by atoms with Gasteiger partial charge in [0.05, 0.1) is 0 Å². The summed E-state index contributed by atoms with van der Waals surface area (Å²) in [5.41, 5.74) is 0. The molecule has 0 aliphatic heterocycles. The van der Waals surface area contributed by atoms with E-state index in [1.165, 1.54) is 38.5 Å². The van der Waals surface area contributed by atoms with Crippen LogP contribution >= 0.6 is 0 Å². The average molecular weight is 215 g/mol. The quantitative estimate of drug-likeness (QED) is 0.446. The maximum atomic E-state index is 9.83. The van der Waals surface area contributed by atoms with Gasteiger partial charge in [-0.1, -0.05) is 46.5 Å². The van der Waals surface area contributed by atoms with Gasteiger partial charge in [0.1, 0.15) is 6.23 Å². The topological polar surface area (TPSA) is 23.5 Å². The molecule has 92 valence electrons. The third-order valence-corrected chi connectivity index (χ3v) is 2.88. The monoisotopic (exact) mass is 215 g/mol. The van der Waals surface area contributed by atoms with Gasteiger partial charge < -0.3 is 5.11 Å². The molecule has 0 aliphatic rings. The first-order valence-electron chi connectivity index (χ1n) is 6.68. The maximum Gasteiger partial charge on any atom is 0.107 e. The first-order chi connectivity index (χ1) is 7.26. The summed E-state index contributed by atoms with van der Waals surface area (Å²) < 4.78 is 0. The van der Waals surface area contributed by atoms with E-state index in [9.17, 15) is 5.11 Å². The number of nitrogens with zero attached hydrogens (tertiary/aromatic N) is 1. The predicted octanol–water partition coefficient (Wildman–Crippen LogP) is 3.40. The van der Waals surface area contributed by atoms with Crippen molar-refractivity contribution in [3.8, 4) is 0 Å². The van der Waals surface area contributed by atoms with Crippen LogP contribution in [0.15, 0.2) is 0 Å². The minimum atomic E-state index is -0.224. The van der Waals surface area contributed by atoms with Crippen LogP contribution in [0.5, 0.6) is 0 Å². The Morgan fingerprint density at radius 1 is 0.867 bits per heavy atom. The molecule has 0 aromatic carbocycles.